The fraction of sp³-hybridized carbons (Fsp3) is 0.533. The van der Waals surface area contributed by atoms with Gasteiger partial charge in [-0.2, -0.15) is 5.26 Å². The Kier molecular flexibility index (Phi) is 3.49. The van der Waals surface area contributed by atoms with Crippen LogP contribution < -0.4 is 0 Å². The molecule has 0 N–H and O–H groups in total. The molecule has 2 rings (SSSR count). The standard InChI is InChI=1S/C15H19NO/c1-12-4-5-14(8-13(12)2)9-15(10-16)6-3-7-17-11-15/h4-5,8H,3,6-7,9,11H2,1-2H3. The average molecular weight is 229 g/mol. The lowest BCUT2D eigenvalue weighted by atomic mass is 9.78. The lowest BCUT2D eigenvalue weighted by Crippen LogP contribution is -2.32. The SMILES string of the molecule is Cc1ccc(CC2(C#N)CCCOC2)cc1C. The smallest absolute Gasteiger partial charge is 0.0847 e. The first-order valence-corrected chi connectivity index (χ1v) is 6.20. The molecule has 0 aromatic heterocycles. The predicted octanol–water partition coefficient (Wildman–Crippen LogP) is 3.17. The van der Waals surface area contributed by atoms with E-state index < -0.39 is 0 Å². The normalized spacial score (nSPS) is 24.3. The van der Waals surface area contributed by atoms with E-state index in [1.807, 2.05) is 0 Å². The molecule has 2 heteroatoms. The molecule has 90 valence electrons. The van der Waals surface area contributed by atoms with Gasteiger partial charge in [-0.05, 0) is 49.8 Å². The molecule has 0 amide bonds. The summed E-state index contributed by atoms with van der Waals surface area (Å²) >= 11 is 0. The van der Waals surface area contributed by atoms with Crippen LogP contribution in [0.25, 0.3) is 0 Å². The van der Waals surface area contributed by atoms with Gasteiger partial charge in [-0.25, -0.2) is 0 Å². The molecule has 1 aliphatic rings. The Morgan fingerprint density at radius 1 is 1.35 bits per heavy atom. The highest BCUT2D eigenvalue weighted by atomic mass is 16.5. The van der Waals surface area contributed by atoms with Crippen molar-refractivity contribution < 1.29 is 4.74 Å². The summed E-state index contributed by atoms with van der Waals surface area (Å²) < 4.78 is 5.48. The summed E-state index contributed by atoms with van der Waals surface area (Å²) in [4.78, 5) is 0. The number of nitrogens with zero attached hydrogens (tertiary/aromatic N) is 1. The molecule has 1 unspecified atom stereocenters. The average Bonchev–Trinajstić information content (AvgIpc) is 2.35. The molecule has 1 aliphatic heterocycles. The van der Waals surface area contributed by atoms with Gasteiger partial charge in [-0.3, -0.25) is 0 Å². The molecule has 1 atom stereocenters. The second-order valence-corrected chi connectivity index (χ2v) is 5.14. The van der Waals surface area contributed by atoms with Crippen LogP contribution in [0.2, 0.25) is 0 Å². The van der Waals surface area contributed by atoms with E-state index in [2.05, 4.69) is 38.1 Å². The van der Waals surface area contributed by atoms with Gasteiger partial charge in [0.1, 0.15) is 0 Å². The van der Waals surface area contributed by atoms with Gasteiger partial charge < -0.3 is 4.74 Å². The number of ether oxygens (including phenoxy) is 1. The van der Waals surface area contributed by atoms with Crippen molar-refractivity contribution in [2.24, 2.45) is 5.41 Å². The van der Waals surface area contributed by atoms with E-state index in [9.17, 15) is 5.26 Å². The zero-order valence-electron chi connectivity index (χ0n) is 10.6. The van der Waals surface area contributed by atoms with Crippen LogP contribution in [0.1, 0.15) is 29.5 Å². The quantitative estimate of drug-likeness (QED) is 0.780. The first-order chi connectivity index (χ1) is 8.15. The number of nitriles is 1. The van der Waals surface area contributed by atoms with Gasteiger partial charge in [0, 0.05) is 6.61 Å². The third-order valence-corrected chi connectivity index (χ3v) is 3.67. The maximum Gasteiger partial charge on any atom is 0.0847 e. The van der Waals surface area contributed by atoms with E-state index in [0.29, 0.717) is 6.61 Å². The Bertz CT molecular complexity index is 439. The van der Waals surface area contributed by atoms with E-state index in [0.717, 1.165) is 25.9 Å². The maximum atomic E-state index is 9.40. The Morgan fingerprint density at radius 3 is 2.76 bits per heavy atom. The molecule has 1 aromatic rings. The van der Waals surface area contributed by atoms with Crippen molar-refractivity contribution in [2.75, 3.05) is 13.2 Å². The first-order valence-electron chi connectivity index (χ1n) is 6.20. The summed E-state index contributed by atoms with van der Waals surface area (Å²) in [5.41, 5.74) is 3.55. The molecule has 2 nitrogen and oxygen atoms in total. The minimum Gasteiger partial charge on any atom is -0.380 e. The topological polar surface area (TPSA) is 33.0 Å². The monoisotopic (exact) mass is 229 g/mol. The van der Waals surface area contributed by atoms with E-state index in [1.54, 1.807) is 0 Å². The molecule has 0 spiro atoms. The van der Waals surface area contributed by atoms with Crippen LogP contribution >= 0.6 is 0 Å². The summed E-state index contributed by atoms with van der Waals surface area (Å²) in [7, 11) is 0. The largest absolute Gasteiger partial charge is 0.380 e. The van der Waals surface area contributed by atoms with Crippen molar-refractivity contribution in [1.29, 1.82) is 5.26 Å². The van der Waals surface area contributed by atoms with Crippen molar-refractivity contribution in [1.82, 2.24) is 0 Å². The summed E-state index contributed by atoms with van der Waals surface area (Å²) in [6, 6.07) is 8.95. The zero-order valence-corrected chi connectivity index (χ0v) is 10.6. The van der Waals surface area contributed by atoms with Crippen LogP contribution in [0.5, 0.6) is 0 Å². The van der Waals surface area contributed by atoms with Gasteiger partial charge in [0.05, 0.1) is 18.1 Å². The van der Waals surface area contributed by atoms with Crippen LogP contribution in [0.3, 0.4) is 0 Å². The molecule has 0 radical (unpaired) electrons. The number of rotatable bonds is 2. The maximum absolute atomic E-state index is 9.40. The fourth-order valence-electron chi connectivity index (χ4n) is 2.42. The Labute approximate surface area is 103 Å². The van der Waals surface area contributed by atoms with Crippen molar-refractivity contribution in [3.63, 3.8) is 0 Å². The van der Waals surface area contributed by atoms with E-state index in [4.69, 9.17) is 4.74 Å². The van der Waals surface area contributed by atoms with Gasteiger partial charge in [0.15, 0.2) is 0 Å². The molecule has 0 saturated carbocycles. The van der Waals surface area contributed by atoms with Gasteiger partial charge in [-0.1, -0.05) is 18.2 Å². The highest BCUT2D eigenvalue weighted by Crippen LogP contribution is 2.32. The number of aryl methyl sites for hydroxylation is 2. The summed E-state index contributed by atoms with van der Waals surface area (Å²) in [5, 5.41) is 9.40. The third-order valence-electron chi connectivity index (χ3n) is 3.67. The van der Waals surface area contributed by atoms with Crippen LogP contribution in [0, 0.1) is 30.6 Å². The molecule has 1 aromatic carbocycles. The predicted molar refractivity (Wildman–Crippen MR) is 67.7 cm³/mol. The minimum atomic E-state index is -0.306. The van der Waals surface area contributed by atoms with Gasteiger partial charge in [0.2, 0.25) is 0 Å². The molecular formula is C15H19NO. The van der Waals surface area contributed by atoms with E-state index in [1.165, 1.54) is 16.7 Å². The molecule has 0 bridgehead atoms. The number of hydrogen-bond donors (Lipinski definition) is 0. The second kappa shape index (κ2) is 4.89. The van der Waals surface area contributed by atoms with Crippen molar-refractivity contribution in [3.05, 3.63) is 34.9 Å². The minimum absolute atomic E-state index is 0.306. The van der Waals surface area contributed by atoms with Crippen molar-refractivity contribution in [2.45, 2.75) is 33.1 Å². The first kappa shape index (κ1) is 12.1. The molecule has 17 heavy (non-hydrogen) atoms. The lowest BCUT2D eigenvalue weighted by Gasteiger charge is -2.30. The second-order valence-electron chi connectivity index (χ2n) is 5.14. The van der Waals surface area contributed by atoms with Crippen LogP contribution in [-0.4, -0.2) is 13.2 Å². The third kappa shape index (κ3) is 2.68. The van der Waals surface area contributed by atoms with E-state index >= 15 is 0 Å². The summed E-state index contributed by atoms with van der Waals surface area (Å²) in [6.07, 6.45) is 2.76. The van der Waals surface area contributed by atoms with Crippen LogP contribution in [-0.2, 0) is 11.2 Å². The van der Waals surface area contributed by atoms with Crippen LogP contribution in [0.4, 0.5) is 0 Å². The molecule has 1 saturated heterocycles. The number of benzene rings is 1. The molecular weight excluding hydrogens is 210 g/mol. The molecule has 0 aliphatic carbocycles. The highest BCUT2D eigenvalue weighted by Gasteiger charge is 2.33. The summed E-state index contributed by atoms with van der Waals surface area (Å²) in [5.74, 6) is 0. The lowest BCUT2D eigenvalue weighted by molar-refractivity contribution is 0.0223. The molecule has 1 heterocycles. The summed E-state index contributed by atoms with van der Waals surface area (Å²) in [6.45, 7) is 5.62. The van der Waals surface area contributed by atoms with E-state index in [-0.39, 0.29) is 5.41 Å². The van der Waals surface area contributed by atoms with Gasteiger partial charge in [0.25, 0.3) is 0 Å². The Morgan fingerprint density at radius 2 is 2.18 bits per heavy atom. The number of hydrogen-bond acceptors (Lipinski definition) is 2. The Hall–Kier alpha value is -1.33. The van der Waals surface area contributed by atoms with Crippen molar-refractivity contribution in [3.8, 4) is 6.07 Å². The fourth-order valence-corrected chi connectivity index (χ4v) is 2.42. The zero-order chi connectivity index (χ0) is 12.3. The molecule has 1 fully saturated rings. The van der Waals surface area contributed by atoms with Gasteiger partial charge >= 0.3 is 0 Å². The Balaban J connectivity index is 2.18. The van der Waals surface area contributed by atoms with Gasteiger partial charge in [-0.15, -0.1) is 0 Å². The van der Waals surface area contributed by atoms with Crippen LogP contribution in [0.15, 0.2) is 18.2 Å². The highest BCUT2D eigenvalue weighted by molar-refractivity contribution is 5.31. The van der Waals surface area contributed by atoms with Crippen molar-refractivity contribution >= 4 is 0 Å².